The van der Waals surface area contributed by atoms with Crippen molar-refractivity contribution in [2.75, 3.05) is 11.6 Å². The fourth-order valence-corrected chi connectivity index (χ4v) is 4.28. The summed E-state index contributed by atoms with van der Waals surface area (Å²) in [4.78, 5) is 12.1. The van der Waals surface area contributed by atoms with Crippen LogP contribution in [0.5, 0.6) is 0 Å². The Morgan fingerprint density at radius 1 is 1.12 bits per heavy atom. The van der Waals surface area contributed by atoms with Gasteiger partial charge in [0, 0.05) is 15.5 Å². The number of hydrogen-bond donors (Lipinski definition) is 1. The van der Waals surface area contributed by atoms with E-state index < -0.39 is 0 Å². The van der Waals surface area contributed by atoms with E-state index in [0.717, 1.165) is 43.6 Å². The van der Waals surface area contributed by atoms with Gasteiger partial charge in [-0.05, 0) is 50.4 Å². The highest BCUT2D eigenvalue weighted by molar-refractivity contribution is 7.98. The smallest absolute Gasteiger partial charge is 0.142 e. The predicted molar refractivity (Wildman–Crippen MR) is 104 cm³/mol. The van der Waals surface area contributed by atoms with Crippen LogP contribution >= 0.6 is 23.1 Å². The number of nitrogens with one attached hydrogen (secondary N) is 1. The Labute approximate surface area is 153 Å². The zero-order valence-electron chi connectivity index (χ0n) is 14.0. The first kappa shape index (κ1) is 16.1. The third-order valence-corrected chi connectivity index (χ3v) is 5.77. The molecule has 4 rings (SSSR count). The number of thiophene rings is 1. The fourth-order valence-electron chi connectivity index (χ4n) is 2.72. The number of thioether (sulfide) groups is 1. The molecule has 4 aromatic rings. The van der Waals surface area contributed by atoms with Crippen LogP contribution < -0.4 is 5.32 Å². The first-order valence-electron chi connectivity index (χ1n) is 7.74. The minimum atomic E-state index is 0.802. The first-order chi connectivity index (χ1) is 12.2. The summed E-state index contributed by atoms with van der Waals surface area (Å²) in [6.07, 6.45) is 3.66. The molecule has 0 bridgehead atoms. The van der Waals surface area contributed by atoms with Crippen LogP contribution in [0.4, 0.5) is 11.5 Å². The lowest BCUT2D eigenvalue weighted by Crippen LogP contribution is -1.94. The molecule has 0 spiro atoms. The lowest BCUT2D eigenvalue weighted by molar-refractivity contribution is 0.393. The number of anilines is 2. The molecule has 5 nitrogen and oxygen atoms in total. The van der Waals surface area contributed by atoms with E-state index in [1.165, 1.54) is 4.90 Å². The Balaban J connectivity index is 1.74. The minimum absolute atomic E-state index is 0.802. The maximum atomic E-state index is 5.30. The van der Waals surface area contributed by atoms with Crippen LogP contribution in [0, 0.1) is 13.8 Å². The quantitative estimate of drug-likeness (QED) is 0.485. The Kier molecular flexibility index (Phi) is 4.19. The Morgan fingerprint density at radius 3 is 2.60 bits per heavy atom. The summed E-state index contributed by atoms with van der Waals surface area (Å²) in [7, 11) is 0. The van der Waals surface area contributed by atoms with Gasteiger partial charge in [0.05, 0.1) is 16.6 Å². The van der Waals surface area contributed by atoms with Crippen molar-refractivity contribution in [2.45, 2.75) is 18.7 Å². The second kappa shape index (κ2) is 6.50. The average molecular weight is 368 g/mol. The average Bonchev–Trinajstić information content (AvgIpc) is 3.19. The number of nitrogens with zero attached hydrogens (tertiary/aromatic N) is 3. The van der Waals surface area contributed by atoms with Gasteiger partial charge in [-0.1, -0.05) is 5.16 Å². The number of hydrogen-bond acceptors (Lipinski definition) is 7. The summed E-state index contributed by atoms with van der Waals surface area (Å²) in [5.74, 6) is 1.62. The summed E-state index contributed by atoms with van der Waals surface area (Å²) >= 11 is 3.34. The molecule has 3 aromatic heterocycles. The third-order valence-electron chi connectivity index (χ3n) is 3.96. The molecular weight excluding hydrogens is 352 g/mol. The SMILES string of the molecule is CSc1ccc(Nc2ncnc3sc(-c4c(C)noc4C)cc23)cc1. The topological polar surface area (TPSA) is 63.8 Å². The van der Waals surface area contributed by atoms with E-state index >= 15 is 0 Å². The number of benzene rings is 1. The van der Waals surface area contributed by atoms with Crippen molar-refractivity contribution < 1.29 is 4.52 Å². The highest BCUT2D eigenvalue weighted by Gasteiger charge is 2.16. The summed E-state index contributed by atoms with van der Waals surface area (Å²) in [6, 6.07) is 10.4. The van der Waals surface area contributed by atoms with Crippen LogP contribution in [0.15, 0.2) is 46.1 Å². The summed E-state index contributed by atoms with van der Waals surface area (Å²) in [5, 5.41) is 8.44. The second-order valence-electron chi connectivity index (χ2n) is 5.60. The lowest BCUT2D eigenvalue weighted by atomic mass is 10.1. The molecule has 7 heteroatoms. The van der Waals surface area contributed by atoms with E-state index in [-0.39, 0.29) is 0 Å². The normalized spacial score (nSPS) is 11.2. The second-order valence-corrected chi connectivity index (χ2v) is 7.51. The highest BCUT2D eigenvalue weighted by atomic mass is 32.2. The molecule has 1 aromatic carbocycles. The Bertz CT molecular complexity index is 1020. The van der Waals surface area contributed by atoms with Crippen LogP contribution in [-0.2, 0) is 0 Å². The zero-order valence-corrected chi connectivity index (χ0v) is 15.7. The van der Waals surface area contributed by atoms with Crippen molar-refractivity contribution >= 4 is 44.8 Å². The number of aryl methyl sites for hydroxylation is 2. The molecule has 0 atom stereocenters. The van der Waals surface area contributed by atoms with Crippen molar-refractivity contribution in [3.05, 3.63) is 48.1 Å². The van der Waals surface area contributed by atoms with Crippen LogP contribution in [0.3, 0.4) is 0 Å². The summed E-state index contributed by atoms with van der Waals surface area (Å²) in [6.45, 7) is 3.88. The highest BCUT2D eigenvalue weighted by Crippen LogP contribution is 2.38. The third kappa shape index (κ3) is 3.01. The van der Waals surface area contributed by atoms with Crippen molar-refractivity contribution in [1.82, 2.24) is 15.1 Å². The standard InChI is InChI=1S/C18H16N4OS2/c1-10-16(11(2)23-22-10)15-8-14-17(19-9-20-18(14)25-15)21-12-4-6-13(24-3)7-5-12/h4-9H,1-3H3,(H,19,20,21). The minimum Gasteiger partial charge on any atom is -0.361 e. The zero-order chi connectivity index (χ0) is 17.4. The van der Waals surface area contributed by atoms with Gasteiger partial charge >= 0.3 is 0 Å². The van der Waals surface area contributed by atoms with Gasteiger partial charge in [0.15, 0.2) is 0 Å². The van der Waals surface area contributed by atoms with Gasteiger partial charge in [-0.25, -0.2) is 9.97 Å². The Morgan fingerprint density at radius 2 is 1.92 bits per heavy atom. The van der Waals surface area contributed by atoms with Gasteiger partial charge in [-0.15, -0.1) is 23.1 Å². The molecule has 25 heavy (non-hydrogen) atoms. The molecule has 0 aliphatic heterocycles. The van der Waals surface area contributed by atoms with Gasteiger partial charge in [0.1, 0.15) is 22.7 Å². The van der Waals surface area contributed by atoms with Crippen molar-refractivity contribution in [1.29, 1.82) is 0 Å². The largest absolute Gasteiger partial charge is 0.361 e. The van der Waals surface area contributed by atoms with Gasteiger partial charge in [0.2, 0.25) is 0 Å². The van der Waals surface area contributed by atoms with Gasteiger partial charge in [-0.3, -0.25) is 0 Å². The molecular formula is C18H16N4OS2. The van der Waals surface area contributed by atoms with Crippen molar-refractivity contribution in [3.63, 3.8) is 0 Å². The van der Waals surface area contributed by atoms with Crippen LogP contribution in [0.2, 0.25) is 0 Å². The lowest BCUT2D eigenvalue weighted by Gasteiger charge is -2.06. The maximum absolute atomic E-state index is 5.30. The molecule has 126 valence electrons. The van der Waals surface area contributed by atoms with Crippen LogP contribution in [0.1, 0.15) is 11.5 Å². The van der Waals surface area contributed by atoms with Crippen molar-refractivity contribution in [3.8, 4) is 10.4 Å². The van der Waals surface area contributed by atoms with Gasteiger partial charge < -0.3 is 9.84 Å². The molecule has 0 aliphatic rings. The van der Waals surface area contributed by atoms with E-state index in [9.17, 15) is 0 Å². The van der Waals surface area contributed by atoms with E-state index in [2.05, 4.69) is 57.0 Å². The van der Waals surface area contributed by atoms with Crippen molar-refractivity contribution in [2.24, 2.45) is 0 Å². The van der Waals surface area contributed by atoms with Gasteiger partial charge in [-0.2, -0.15) is 0 Å². The number of aromatic nitrogens is 3. The monoisotopic (exact) mass is 368 g/mol. The van der Waals surface area contributed by atoms with E-state index in [1.54, 1.807) is 29.4 Å². The maximum Gasteiger partial charge on any atom is 0.142 e. The molecule has 0 aliphatic carbocycles. The van der Waals surface area contributed by atoms with Crippen LogP contribution in [0.25, 0.3) is 20.7 Å². The van der Waals surface area contributed by atoms with Gasteiger partial charge in [0.25, 0.3) is 0 Å². The molecule has 0 fully saturated rings. The van der Waals surface area contributed by atoms with Crippen LogP contribution in [-0.4, -0.2) is 21.4 Å². The predicted octanol–water partition coefficient (Wildman–Crippen LogP) is 5.43. The van der Waals surface area contributed by atoms with E-state index in [0.29, 0.717) is 0 Å². The molecule has 0 radical (unpaired) electrons. The fraction of sp³-hybridized carbons (Fsp3) is 0.167. The molecule has 0 saturated carbocycles. The molecule has 0 unspecified atom stereocenters. The Hall–Kier alpha value is -2.38. The summed E-state index contributed by atoms with van der Waals surface area (Å²) < 4.78 is 5.30. The first-order valence-corrected chi connectivity index (χ1v) is 9.78. The molecule has 0 amide bonds. The number of fused-ring (bicyclic) bond motifs is 1. The number of rotatable bonds is 4. The van der Waals surface area contributed by atoms with E-state index in [4.69, 9.17) is 4.52 Å². The molecule has 3 heterocycles. The molecule has 1 N–H and O–H groups in total. The van der Waals surface area contributed by atoms with E-state index in [1.807, 2.05) is 13.8 Å². The summed E-state index contributed by atoms with van der Waals surface area (Å²) in [5.41, 5.74) is 2.93. The molecule has 0 saturated heterocycles.